The summed E-state index contributed by atoms with van der Waals surface area (Å²) >= 11 is 1.11. The van der Waals surface area contributed by atoms with E-state index in [9.17, 15) is 19.5 Å². The number of nitrogens with two attached hydrogens (primary N) is 2. The molecule has 9 heteroatoms. The lowest BCUT2D eigenvalue weighted by Gasteiger charge is -2.16. The molecule has 158 valence electrons. The molecular formula is C21H24N4O4S. The Kier molecular flexibility index (Phi) is 7.98. The average molecular weight is 429 g/mol. The minimum absolute atomic E-state index is 0.152. The van der Waals surface area contributed by atoms with Gasteiger partial charge in [-0.3, -0.25) is 14.9 Å². The van der Waals surface area contributed by atoms with E-state index in [2.05, 4.69) is 22.5 Å². The molecule has 1 unspecified atom stereocenters. The number of carboxylic acid groups (broad SMARTS) is 1. The number of primary amides is 2. The molecule has 0 bridgehead atoms. The Labute approximate surface area is 178 Å². The van der Waals surface area contributed by atoms with Gasteiger partial charge in [0.15, 0.2) is 0 Å². The van der Waals surface area contributed by atoms with Crippen LogP contribution in [0.2, 0.25) is 0 Å². The lowest BCUT2D eigenvalue weighted by atomic mass is 10.0. The van der Waals surface area contributed by atoms with E-state index in [-0.39, 0.29) is 16.5 Å². The van der Waals surface area contributed by atoms with Gasteiger partial charge < -0.3 is 21.9 Å². The molecule has 3 amide bonds. The molecule has 1 atom stereocenters. The highest BCUT2D eigenvalue weighted by Gasteiger charge is 2.18. The van der Waals surface area contributed by atoms with Gasteiger partial charge in [0, 0.05) is 12.1 Å². The Hall–Kier alpha value is -3.35. The summed E-state index contributed by atoms with van der Waals surface area (Å²) in [5.74, 6) is 4.65. The quantitative estimate of drug-likeness (QED) is 0.409. The number of aliphatic carboxylic acids is 1. The smallest absolute Gasteiger partial charge is 0.320 e. The second-order valence-electron chi connectivity index (χ2n) is 7.06. The fourth-order valence-electron chi connectivity index (χ4n) is 2.66. The summed E-state index contributed by atoms with van der Waals surface area (Å²) in [7, 11) is 0. The Balaban J connectivity index is 2.06. The van der Waals surface area contributed by atoms with Crippen molar-refractivity contribution in [2.45, 2.75) is 32.9 Å². The number of hydrogen-bond donors (Lipinski definition) is 5. The summed E-state index contributed by atoms with van der Waals surface area (Å²) < 4.78 is 0. The van der Waals surface area contributed by atoms with Crippen LogP contribution >= 0.6 is 11.3 Å². The van der Waals surface area contributed by atoms with Crippen molar-refractivity contribution in [3.63, 3.8) is 0 Å². The fourth-order valence-corrected chi connectivity index (χ4v) is 3.58. The van der Waals surface area contributed by atoms with E-state index >= 15 is 0 Å². The zero-order valence-corrected chi connectivity index (χ0v) is 17.5. The zero-order valence-electron chi connectivity index (χ0n) is 16.7. The van der Waals surface area contributed by atoms with E-state index in [1.54, 1.807) is 0 Å². The van der Waals surface area contributed by atoms with Crippen LogP contribution in [0.1, 0.15) is 46.6 Å². The molecule has 0 aliphatic carbocycles. The third-order valence-corrected chi connectivity index (χ3v) is 5.04. The predicted molar refractivity (Wildman–Crippen MR) is 116 cm³/mol. The first-order chi connectivity index (χ1) is 14.2. The van der Waals surface area contributed by atoms with E-state index in [4.69, 9.17) is 11.5 Å². The lowest BCUT2D eigenvalue weighted by Crippen LogP contribution is -2.37. The van der Waals surface area contributed by atoms with Crippen LogP contribution in [0.25, 0.3) is 0 Å². The van der Waals surface area contributed by atoms with Crippen LogP contribution in [0.3, 0.4) is 0 Å². The normalized spacial score (nSPS) is 11.4. The molecule has 0 saturated carbocycles. The van der Waals surface area contributed by atoms with Crippen molar-refractivity contribution in [2.24, 2.45) is 17.4 Å². The molecule has 2 rings (SSSR count). The summed E-state index contributed by atoms with van der Waals surface area (Å²) in [5, 5.41) is 15.0. The van der Waals surface area contributed by atoms with E-state index in [1.807, 2.05) is 38.1 Å². The molecule has 30 heavy (non-hydrogen) atoms. The minimum Gasteiger partial charge on any atom is -0.480 e. The maximum atomic E-state index is 11.5. The van der Waals surface area contributed by atoms with Gasteiger partial charge in [-0.1, -0.05) is 37.8 Å². The molecule has 0 saturated heterocycles. The van der Waals surface area contributed by atoms with Crippen molar-refractivity contribution in [1.29, 1.82) is 0 Å². The van der Waals surface area contributed by atoms with Gasteiger partial charge in [-0.25, -0.2) is 4.79 Å². The SMILES string of the molecule is CC(C)CC(NCc1ccc(C#Cc2cc(C(N)=O)c(NC(N)=O)s2)cc1)C(=O)O. The number of benzene rings is 1. The molecule has 0 fully saturated rings. The van der Waals surface area contributed by atoms with Gasteiger partial charge in [-0.2, -0.15) is 0 Å². The zero-order chi connectivity index (χ0) is 22.3. The van der Waals surface area contributed by atoms with Crippen molar-refractivity contribution in [1.82, 2.24) is 5.32 Å². The van der Waals surface area contributed by atoms with E-state index in [0.29, 0.717) is 17.8 Å². The Morgan fingerprint density at radius 2 is 1.80 bits per heavy atom. The molecule has 0 spiro atoms. The van der Waals surface area contributed by atoms with Crippen LogP contribution in [0.4, 0.5) is 9.80 Å². The number of thiophene rings is 1. The van der Waals surface area contributed by atoms with Gasteiger partial charge in [-0.15, -0.1) is 11.3 Å². The number of carbonyl (C=O) groups is 3. The van der Waals surface area contributed by atoms with Crippen LogP contribution in [0.5, 0.6) is 0 Å². The number of anilines is 1. The van der Waals surface area contributed by atoms with E-state index in [0.717, 1.165) is 22.5 Å². The highest BCUT2D eigenvalue weighted by atomic mass is 32.1. The predicted octanol–water partition coefficient (Wildman–Crippen LogP) is 2.33. The van der Waals surface area contributed by atoms with Crippen molar-refractivity contribution in [3.05, 3.63) is 51.9 Å². The molecule has 1 heterocycles. The first kappa shape index (κ1) is 22.9. The molecule has 0 aliphatic rings. The largest absolute Gasteiger partial charge is 0.480 e. The van der Waals surface area contributed by atoms with Gasteiger partial charge in [0.2, 0.25) is 0 Å². The third-order valence-electron chi connectivity index (χ3n) is 4.08. The molecule has 0 aliphatic heterocycles. The van der Waals surface area contributed by atoms with Crippen LogP contribution in [-0.4, -0.2) is 29.1 Å². The highest BCUT2D eigenvalue weighted by molar-refractivity contribution is 7.17. The van der Waals surface area contributed by atoms with Crippen molar-refractivity contribution in [2.75, 3.05) is 5.32 Å². The van der Waals surface area contributed by atoms with Gasteiger partial charge in [-0.05, 0) is 36.1 Å². The summed E-state index contributed by atoms with van der Waals surface area (Å²) in [5.41, 5.74) is 12.2. The number of amides is 3. The van der Waals surface area contributed by atoms with Crippen molar-refractivity contribution >= 4 is 34.2 Å². The molecule has 0 radical (unpaired) electrons. The van der Waals surface area contributed by atoms with Gasteiger partial charge >= 0.3 is 12.0 Å². The first-order valence-electron chi connectivity index (χ1n) is 9.23. The molecule has 7 N–H and O–H groups in total. The van der Waals surface area contributed by atoms with E-state index in [1.165, 1.54) is 6.07 Å². The number of nitrogens with one attached hydrogen (secondary N) is 2. The molecule has 1 aromatic heterocycles. The Morgan fingerprint density at radius 3 is 2.33 bits per heavy atom. The number of hydrogen-bond acceptors (Lipinski definition) is 5. The molecule has 2 aromatic rings. The summed E-state index contributed by atoms with van der Waals surface area (Å²) in [6, 6.07) is 7.52. The summed E-state index contributed by atoms with van der Waals surface area (Å²) in [6.45, 7) is 4.41. The van der Waals surface area contributed by atoms with Crippen molar-refractivity contribution < 1.29 is 19.5 Å². The first-order valence-corrected chi connectivity index (χ1v) is 10.0. The third kappa shape index (κ3) is 6.92. The maximum absolute atomic E-state index is 11.5. The standard InChI is InChI=1S/C21H24N4O4S/c1-12(2)9-17(20(27)28)24-11-14-5-3-13(4-6-14)7-8-15-10-16(18(22)26)19(30-15)25-21(23)29/h3-6,10,12,17,24H,9,11H2,1-2H3,(H2,22,26)(H,27,28)(H3,23,25,29). The molecule has 1 aromatic carbocycles. The summed E-state index contributed by atoms with van der Waals surface area (Å²) in [4.78, 5) is 34.4. The molecule has 8 nitrogen and oxygen atoms in total. The van der Waals surface area contributed by atoms with Crippen LogP contribution in [-0.2, 0) is 11.3 Å². The number of rotatable bonds is 8. The minimum atomic E-state index is -0.859. The number of carbonyl (C=O) groups excluding carboxylic acids is 2. The van der Waals surface area contributed by atoms with Gasteiger partial charge in [0.05, 0.1) is 10.4 Å². The number of carboxylic acids is 1. The fraction of sp³-hybridized carbons (Fsp3) is 0.286. The van der Waals surface area contributed by atoms with Crippen molar-refractivity contribution in [3.8, 4) is 11.8 Å². The van der Waals surface area contributed by atoms with Crippen LogP contribution < -0.4 is 22.1 Å². The Bertz CT molecular complexity index is 987. The van der Waals surface area contributed by atoms with Gasteiger partial charge in [0.25, 0.3) is 5.91 Å². The topological polar surface area (TPSA) is 148 Å². The number of urea groups is 1. The molecular weight excluding hydrogens is 404 g/mol. The Morgan fingerprint density at radius 1 is 1.13 bits per heavy atom. The highest BCUT2D eigenvalue weighted by Crippen LogP contribution is 2.27. The second-order valence-corrected chi connectivity index (χ2v) is 8.11. The maximum Gasteiger partial charge on any atom is 0.320 e. The lowest BCUT2D eigenvalue weighted by molar-refractivity contribution is -0.140. The van der Waals surface area contributed by atoms with Gasteiger partial charge in [0.1, 0.15) is 11.0 Å². The van der Waals surface area contributed by atoms with Crippen LogP contribution in [0, 0.1) is 17.8 Å². The second kappa shape index (κ2) is 10.4. The van der Waals surface area contributed by atoms with Crippen LogP contribution in [0.15, 0.2) is 30.3 Å². The monoisotopic (exact) mass is 428 g/mol. The summed E-state index contributed by atoms with van der Waals surface area (Å²) in [6.07, 6.45) is 0.555. The van der Waals surface area contributed by atoms with E-state index < -0.39 is 23.9 Å². The average Bonchev–Trinajstić information content (AvgIpc) is 3.06.